The van der Waals surface area contributed by atoms with Crippen LogP contribution in [0, 0.1) is 11.8 Å². The number of halogens is 3. The van der Waals surface area contributed by atoms with E-state index in [1.54, 1.807) is 18.3 Å². The third-order valence-electron chi connectivity index (χ3n) is 7.63. The molecule has 2 aliphatic heterocycles. The molecule has 0 amide bonds. The number of hydrogen-bond acceptors (Lipinski definition) is 7. The maximum Gasteiger partial charge on any atom is 0.394 e. The Hall–Kier alpha value is -3.27. The predicted octanol–water partition coefficient (Wildman–Crippen LogP) is 3.81. The number of pyridine rings is 1. The van der Waals surface area contributed by atoms with E-state index < -0.39 is 22.4 Å². The van der Waals surface area contributed by atoms with Crippen LogP contribution >= 0.6 is 0 Å². The number of fused-ring (bicyclic) bond motifs is 1. The lowest BCUT2D eigenvalue weighted by Gasteiger charge is -2.25. The van der Waals surface area contributed by atoms with Gasteiger partial charge in [-0.1, -0.05) is 12.0 Å². The van der Waals surface area contributed by atoms with Crippen LogP contribution in [0.15, 0.2) is 41.4 Å². The minimum atomic E-state index is -4.43. The quantitative estimate of drug-likeness (QED) is 0.433. The fraction of sp³-hybridized carbons (Fsp3) is 0.464. The number of ether oxygens (including phenoxy) is 1. The van der Waals surface area contributed by atoms with Crippen molar-refractivity contribution in [1.29, 1.82) is 0 Å². The van der Waals surface area contributed by atoms with E-state index in [1.807, 2.05) is 6.07 Å². The van der Waals surface area contributed by atoms with Gasteiger partial charge in [-0.05, 0) is 57.0 Å². The summed E-state index contributed by atoms with van der Waals surface area (Å²) in [6.45, 7) is 2.05. The number of nitrogens with zero attached hydrogens (tertiary/aromatic N) is 3. The lowest BCUT2D eigenvalue weighted by atomic mass is 9.97. The molecule has 2 fully saturated rings. The number of likely N-dealkylation sites (N-methyl/N-ethyl adjacent to an activating group) is 1. The van der Waals surface area contributed by atoms with Crippen molar-refractivity contribution in [1.82, 2.24) is 19.6 Å². The molecule has 1 spiro atoms. The first kappa shape index (κ1) is 28.3. The Bertz CT molecular complexity index is 1590. The van der Waals surface area contributed by atoms with Gasteiger partial charge in [0, 0.05) is 42.2 Å². The van der Waals surface area contributed by atoms with Crippen LogP contribution < -0.4 is 15.4 Å². The van der Waals surface area contributed by atoms with Gasteiger partial charge in [0.15, 0.2) is 9.84 Å². The van der Waals surface area contributed by atoms with Crippen LogP contribution in [0.2, 0.25) is 0 Å². The van der Waals surface area contributed by atoms with Crippen molar-refractivity contribution in [3.05, 3.63) is 53.5 Å². The lowest BCUT2D eigenvalue weighted by molar-refractivity contribution is -0.128. The van der Waals surface area contributed by atoms with Crippen molar-refractivity contribution < 1.29 is 26.3 Å². The first-order valence-electron chi connectivity index (χ1n) is 13.0. The zero-order valence-corrected chi connectivity index (χ0v) is 23.4. The summed E-state index contributed by atoms with van der Waals surface area (Å²) in [7, 11) is 0.109. The van der Waals surface area contributed by atoms with E-state index in [1.165, 1.54) is 23.6 Å². The molecule has 0 bridgehead atoms. The van der Waals surface area contributed by atoms with Gasteiger partial charge in [-0.15, -0.1) is 0 Å². The van der Waals surface area contributed by atoms with E-state index in [4.69, 9.17) is 4.74 Å². The number of imidazole rings is 1. The van der Waals surface area contributed by atoms with Gasteiger partial charge in [0.25, 0.3) is 0 Å². The third-order valence-corrected chi connectivity index (χ3v) is 8.74. The summed E-state index contributed by atoms with van der Waals surface area (Å²) in [4.78, 5) is 7.02. The second kappa shape index (κ2) is 10.6. The zero-order chi connectivity index (χ0) is 28.7. The maximum atomic E-state index is 13.6. The highest BCUT2D eigenvalue weighted by Crippen LogP contribution is 2.39. The van der Waals surface area contributed by atoms with E-state index in [-0.39, 0.29) is 34.4 Å². The highest BCUT2D eigenvalue weighted by Gasteiger charge is 2.43. The van der Waals surface area contributed by atoms with Gasteiger partial charge in [-0.3, -0.25) is 0 Å². The van der Waals surface area contributed by atoms with Crippen LogP contribution in [0.4, 0.5) is 18.9 Å². The molecule has 2 N–H and O–H groups in total. The number of benzene rings is 1. The second-order valence-electron chi connectivity index (χ2n) is 10.6. The Morgan fingerprint density at radius 2 is 2.08 bits per heavy atom. The van der Waals surface area contributed by atoms with Crippen LogP contribution in [-0.2, 0) is 16.3 Å². The summed E-state index contributed by atoms with van der Waals surface area (Å²) in [5.41, 5.74) is 1.98. The van der Waals surface area contributed by atoms with Crippen molar-refractivity contribution in [2.24, 2.45) is 0 Å². The predicted molar refractivity (Wildman–Crippen MR) is 146 cm³/mol. The molecule has 2 atom stereocenters. The van der Waals surface area contributed by atoms with Gasteiger partial charge in [-0.25, -0.2) is 13.4 Å². The number of methoxy groups -OCH3 is 1. The van der Waals surface area contributed by atoms with Gasteiger partial charge in [0.05, 0.1) is 36.4 Å². The summed E-state index contributed by atoms with van der Waals surface area (Å²) >= 11 is 0. The van der Waals surface area contributed by atoms with Crippen molar-refractivity contribution >= 4 is 21.2 Å². The lowest BCUT2D eigenvalue weighted by Crippen LogP contribution is -2.42. The Balaban J connectivity index is 1.42. The first-order valence-corrected chi connectivity index (χ1v) is 14.9. The van der Waals surface area contributed by atoms with Crippen LogP contribution in [-0.4, -0.2) is 74.5 Å². The van der Waals surface area contributed by atoms with Crippen molar-refractivity contribution in [2.75, 3.05) is 45.4 Å². The number of aromatic nitrogens is 2. The number of anilines is 1. The van der Waals surface area contributed by atoms with Gasteiger partial charge >= 0.3 is 6.18 Å². The highest BCUT2D eigenvalue weighted by molar-refractivity contribution is 7.90. The van der Waals surface area contributed by atoms with E-state index in [9.17, 15) is 21.6 Å². The van der Waals surface area contributed by atoms with Crippen LogP contribution in [0.1, 0.15) is 42.3 Å². The summed E-state index contributed by atoms with van der Waals surface area (Å²) in [5, 5.41) is 6.80. The van der Waals surface area contributed by atoms with E-state index in [0.717, 1.165) is 44.2 Å². The summed E-state index contributed by atoms with van der Waals surface area (Å²) < 4.78 is 71.3. The summed E-state index contributed by atoms with van der Waals surface area (Å²) in [5.74, 6) is 6.02. The number of rotatable bonds is 6. The highest BCUT2D eigenvalue weighted by atomic mass is 32.2. The first-order chi connectivity index (χ1) is 18.9. The molecule has 0 aliphatic carbocycles. The van der Waals surface area contributed by atoms with Crippen LogP contribution in [0.25, 0.3) is 5.65 Å². The molecular formula is C28H32F3N5O3S. The summed E-state index contributed by atoms with van der Waals surface area (Å²) in [6, 6.07) is 8.11. The fourth-order valence-corrected chi connectivity index (χ4v) is 6.39. The van der Waals surface area contributed by atoms with E-state index in [0.29, 0.717) is 17.1 Å². The molecular weight excluding hydrogens is 543 g/mol. The smallest absolute Gasteiger partial charge is 0.394 e. The average Bonchev–Trinajstić information content (AvgIpc) is 3.57. The van der Waals surface area contributed by atoms with Gasteiger partial charge in [0.2, 0.25) is 0 Å². The molecule has 12 heteroatoms. The number of hydrogen-bond donors (Lipinski definition) is 2. The molecule has 2 aromatic heterocycles. The van der Waals surface area contributed by atoms with Crippen LogP contribution in [0.5, 0.6) is 5.75 Å². The van der Waals surface area contributed by atoms with Gasteiger partial charge in [0.1, 0.15) is 17.1 Å². The number of likely N-dealkylation sites (tertiary alicyclic amines) is 1. The van der Waals surface area contributed by atoms with Gasteiger partial charge in [-0.2, -0.15) is 13.2 Å². The monoisotopic (exact) mass is 575 g/mol. The van der Waals surface area contributed by atoms with E-state index in [2.05, 4.69) is 39.4 Å². The Labute approximate surface area is 231 Å². The fourth-order valence-electron chi connectivity index (χ4n) is 5.75. The maximum absolute atomic E-state index is 13.6. The molecule has 1 aromatic carbocycles. The molecule has 0 radical (unpaired) electrons. The average molecular weight is 576 g/mol. The molecule has 1 unspecified atom stereocenters. The molecule has 3 aromatic rings. The molecule has 2 aliphatic rings. The number of sulfone groups is 1. The summed E-state index contributed by atoms with van der Waals surface area (Å²) in [6.07, 6.45) is 0.0718. The Morgan fingerprint density at radius 1 is 1.27 bits per heavy atom. The normalized spacial score (nSPS) is 21.6. The van der Waals surface area contributed by atoms with Crippen molar-refractivity contribution in [2.45, 2.75) is 48.3 Å². The minimum absolute atomic E-state index is 0.000228. The zero-order valence-electron chi connectivity index (χ0n) is 22.6. The van der Waals surface area contributed by atoms with Crippen LogP contribution in [0.3, 0.4) is 0 Å². The second-order valence-corrected chi connectivity index (χ2v) is 12.7. The molecule has 4 heterocycles. The standard InChI is InChI=1S/C28H32F3N5O3S/c1-35-15-12-27(18-35)11-10-21(34-27)20-6-5-14-36-24(17-28(29,30)31)22(33-26(20)36)7-4-13-32-23-9-8-19(40(3,37)38)16-25(23)39-2/h5-6,8-9,14,16,21,32,34H,10-13,15,17-18H2,1-3H3/t21?,27-/m1/s1. The molecule has 214 valence electrons. The van der Waals surface area contributed by atoms with Crippen molar-refractivity contribution in [3.8, 4) is 17.6 Å². The largest absolute Gasteiger partial charge is 0.495 e. The minimum Gasteiger partial charge on any atom is -0.495 e. The molecule has 2 saturated heterocycles. The Kier molecular flexibility index (Phi) is 7.50. The molecule has 8 nitrogen and oxygen atoms in total. The number of nitrogens with one attached hydrogen (secondary N) is 2. The third kappa shape index (κ3) is 5.92. The SMILES string of the molecule is COc1cc(S(C)(=O)=O)ccc1NCC#Cc1nc2c(C3CC[C@]4(CCN(C)C4)N3)cccn2c1CC(F)(F)F. The topological polar surface area (TPSA) is 88.0 Å². The number of alkyl halides is 3. The van der Waals surface area contributed by atoms with Crippen molar-refractivity contribution in [3.63, 3.8) is 0 Å². The Morgan fingerprint density at radius 3 is 2.75 bits per heavy atom. The molecule has 0 saturated carbocycles. The molecule has 5 rings (SSSR count). The molecule has 40 heavy (non-hydrogen) atoms. The van der Waals surface area contributed by atoms with E-state index >= 15 is 0 Å². The van der Waals surface area contributed by atoms with Gasteiger partial charge < -0.3 is 24.7 Å².